The number of hydrogen-bond acceptors (Lipinski definition) is 3. The molecule has 0 amide bonds. The van der Waals surface area contributed by atoms with Gasteiger partial charge in [0.15, 0.2) is 0 Å². The summed E-state index contributed by atoms with van der Waals surface area (Å²) in [6.45, 7) is 3.15. The molecule has 192 valence electrons. The molecule has 0 saturated heterocycles. The predicted octanol–water partition coefficient (Wildman–Crippen LogP) is 2.84. The van der Waals surface area contributed by atoms with E-state index in [1.165, 1.54) is 16.7 Å². The average Bonchev–Trinajstić information content (AvgIpc) is 2.85. The Labute approximate surface area is 223 Å². The number of nitrogens with two attached hydrogens (primary N) is 1. The second-order valence-electron chi connectivity index (χ2n) is 9.17. The van der Waals surface area contributed by atoms with Gasteiger partial charge in [-0.25, -0.2) is 0 Å². The summed E-state index contributed by atoms with van der Waals surface area (Å²) in [5.41, 5.74) is 10.6. The Balaban J connectivity index is 0.00000306. The number of methoxy groups -OCH3 is 2. The standard InChI is InChI=1S/C29H39N2O2.2ClH/c1-31(23-29(30)26-11-5-4-6-12-26,21-7-9-24-13-17-27(32-2)18-14-24)22-8-10-25-15-19-28(33-3)20-16-25;;/h4-6,11-20,29H,7-10,21-23,30H2,1-3H3;2*1H/q+1;;/p-1. The smallest absolute Gasteiger partial charge is 0.118 e. The molecule has 0 spiro atoms. The van der Waals surface area contributed by atoms with Crippen LogP contribution in [0.1, 0.15) is 35.6 Å². The Bertz CT molecular complexity index is 897. The summed E-state index contributed by atoms with van der Waals surface area (Å²) >= 11 is 0. The largest absolute Gasteiger partial charge is 1.00 e. The molecule has 6 heteroatoms. The third-order valence-electron chi connectivity index (χ3n) is 6.51. The van der Waals surface area contributed by atoms with Crippen LogP contribution in [-0.2, 0) is 12.8 Å². The number of benzene rings is 3. The number of rotatable bonds is 13. The van der Waals surface area contributed by atoms with Crippen molar-refractivity contribution in [1.82, 2.24) is 0 Å². The molecule has 0 radical (unpaired) electrons. The number of quaternary nitrogens is 1. The van der Waals surface area contributed by atoms with E-state index in [2.05, 4.69) is 55.6 Å². The normalized spacial score (nSPS) is 11.7. The molecule has 4 nitrogen and oxygen atoms in total. The highest BCUT2D eigenvalue weighted by molar-refractivity contribution is 5.85. The van der Waals surface area contributed by atoms with Crippen LogP contribution in [0.25, 0.3) is 0 Å². The highest BCUT2D eigenvalue weighted by Gasteiger charge is 2.25. The summed E-state index contributed by atoms with van der Waals surface area (Å²) in [7, 11) is 5.78. The van der Waals surface area contributed by atoms with Crippen LogP contribution in [0, 0.1) is 0 Å². The maximum absolute atomic E-state index is 6.67. The quantitative estimate of drug-likeness (QED) is 0.354. The summed E-state index contributed by atoms with van der Waals surface area (Å²) in [6.07, 6.45) is 4.40. The van der Waals surface area contributed by atoms with Gasteiger partial charge in [-0.2, -0.15) is 0 Å². The molecule has 3 rings (SSSR count). The molecule has 1 atom stereocenters. The SMILES string of the molecule is COc1ccc(CCC[N+](C)(CCCc2ccc(OC)cc2)CC(N)c2ccccc2)cc1.Cl.[Cl-]. The molecule has 0 fully saturated rings. The maximum atomic E-state index is 6.67. The van der Waals surface area contributed by atoms with E-state index in [0.717, 1.165) is 61.3 Å². The van der Waals surface area contributed by atoms with Crippen LogP contribution in [-0.4, -0.2) is 45.4 Å². The first kappa shape index (κ1) is 30.8. The molecule has 2 N–H and O–H groups in total. The van der Waals surface area contributed by atoms with Crippen molar-refractivity contribution >= 4 is 12.4 Å². The molecule has 0 aliphatic carbocycles. The third kappa shape index (κ3) is 10.1. The molecule has 0 saturated carbocycles. The molecule has 3 aromatic carbocycles. The molecule has 0 bridgehead atoms. The van der Waals surface area contributed by atoms with Crippen LogP contribution in [0.4, 0.5) is 0 Å². The first-order valence-corrected chi connectivity index (χ1v) is 11.9. The van der Waals surface area contributed by atoms with Gasteiger partial charge >= 0.3 is 0 Å². The van der Waals surface area contributed by atoms with Gasteiger partial charge in [0.1, 0.15) is 11.5 Å². The minimum absolute atomic E-state index is 0. The topological polar surface area (TPSA) is 44.5 Å². The van der Waals surface area contributed by atoms with Crippen molar-refractivity contribution < 1.29 is 26.4 Å². The van der Waals surface area contributed by atoms with E-state index in [-0.39, 0.29) is 30.9 Å². The predicted molar refractivity (Wildman–Crippen MR) is 144 cm³/mol. The first-order valence-electron chi connectivity index (χ1n) is 11.9. The summed E-state index contributed by atoms with van der Waals surface area (Å²) in [5.74, 6) is 1.82. The number of likely N-dealkylation sites (N-methyl/N-ethyl adjacent to an activating group) is 1. The lowest BCUT2D eigenvalue weighted by atomic mass is 10.0. The summed E-state index contributed by atoms with van der Waals surface area (Å²) < 4.78 is 11.5. The van der Waals surface area contributed by atoms with E-state index in [1.54, 1.807) is 14.2 Å². The van der Waals surface area contributed by atoms with Gasteiger partial charge < -0.3 is 32.1 Å². The fourth-order valence-corrected chi connectivity index (χ4v) is 4.49. The zero-order chi connectivity index (χ0) is 23.5. The summed E-state index contributed by atoms with van der Waals surface area (Å²) in [6, 6.07) is 27.4. The van der Waals surface area contributed by atoms with Crippen LogP contribution in [0.5, 0.6) is 11.5 Å². The van der Waals surface area contributed by atoms with Crippen molar-refractivity contribution in [3.63, 3.8) is 0 Å². The van der Waals surface area contributed by atoms with Crippen LogP contribution >= 0.6 is 12.4 Å². The highest BCUT2D eigenvalue weighted by atomic mass is 35.5. The lowest BCUT2D eigenvalue weighted by molar-refractivity contribution is -0.911. The van der Waals surface area contributed by atoms with Crippen molar-refractivity contribution in [3.8, 4) is 11.5 Å². The van der Waals surface area contributed by atoms with Gasteiger partial charge in [-0.05, 0) is 53.8 Å². The Morgan fingerprint density at radius 3 is 1.54 bits per heavy atom. The number of nitrogens with zero attached hydrogens (tertiary/aromatic N) is 1. The van der Waals surface area contributed by atoms with Crippen molar-refractivity contribution in [2.75, 3.05) is 40.9 Å². The van der Waals surface area contributed by atoms with Crippen molar-refractivity contribution in [2.24, 2.45) is 5.73 Å². The van der Waals surface area contributed by atoms with Crippen LogP contribution in [0.15, 0.2) is 78.9 Å². The van der Waals surface area contributed by atoms with Crippen molar-refractivity contribution in [2.45, 2.75) is 31.7 Å². The summed E-state index contributed by atoms with van der Waals surface area (Å²) in [5, 5.41) is 0. The van der Waals surface area contributed by atoms with E-state index in [1.807, 2.05) is 30.3 Å². The molecule has 0 aliphatic heterocycles. The fourth-order valence-electron chi connectivity index (χ4n) is 4.49. The van der Waals surface area contributed by atoms with E-state index in [9.17, 15) is 0 Å². The molecule has 3 aromatic rings. The second-order valence-corrected chi connectivity index (χ2v) is 9.17. The lowest BCUT2D eigenvalue weighted by Crippen LogP contribution is -3.00. The van der Waals surface area contributed by atoms with E-state index < -0.39 is 0 Å². The van der Waals surface area contributed by atoms with Gasteiger partial charge in [0, 0.05) is 12.8 Å². The van der Waals surface area contributed by atoms with E-state index in [4.69, 9.17) is 15.2 Å². The van der Waals surface area contributed by atoms with Gasteiger partial charge in [-0.3, -0.25) is 0 Å². The van der Waals surface area contributed by atoms with Crippen LogP contribution in [0.3, 0.4) is 0 Å². The fraction of sp³-hybridized carbons (Fsp3) is 0.379. The number of aryl methyl sites for hydroxylation is 2. The Morgan fingerprint density at radius 1 is 0.714 bits per heavy atom. The second kappa shape index (κ2) is 15.7. The van der Waals surface area contributed by atoms with Crippen molar-refractivity contribution in [1.29, 1.82) is 0 Å². The molecule has 0 aliphatic rings. The summed E-state index contributed by atoms with van der Waals surface area (Å²) in [4.78, 5) is 0. The van der Waals surface area contributed by atoms with Gasteiger partial charge in [-0.1, -0.05) is 54.6 Å². The Kier molecular flexibility index (Phi) is 13.8. The molecular formula is C29H40Cl2N2O2. The van der Waals surface area contributed by atoms with Crippen molar-refractivity contribution in [3.05, 3.63) is 95.6 Å². The van der Waals surface area contributed by atoms with Gasteiger partial charge in [0.25, 0.3) is 0 Å². The maximum Gasteiger partial charge on any atom is 0.118 e. The number of hydrogen-bond donors (Lipinski definition) is 1. The monoisotopic (exact) mass is 518 g/mol. The first-order chi connectivity index (χ1) is 16.0. The molecular weight excluding hydrogens is 479 g/mol. The van der Waals surface area contributed by atoms with Gasteiger partial charge in [0.05, 0.1) is 46.9 Å². The Hall–Kier alpha value is -2.24. The Morgan fingerprint density at radius 2 is 1.14 bits per heavy atom. The molecule has 35 heavy (non-hydrogen) atoms. The van der Waals surface area contributed by atoms with E-state index in [0.29, 0.717) is 0 Å². The highest BCUT2D eigenvalue weighted by Crippen LogP contribution is 2.20. The molecule has 0 aromatic heterocycles. The molecule has 0 heterocycles. The van der Waals surface area contributed by atoms with Crippen LogP contribution < -0.4 is 27.6 Å². The third-order valence-corrected chi connectivity index (χ3v) is 6.51. The van der Waals surface area contributed by atoms with Gasteiger partial charge in [0.2, 0.25) is 0 Å². The molecule has 1 unspecified atom stereocenters. The number of halogens is 2. The minimum atomic E-state index is 0. The van der Waals surface area contributed by atoms with E-state index >= 15 is 0 Å². The minimum Gasteiger partial charge on any atom is -1.00 e. The zero-order valence-corrected chi connectivity index (χ0v) is 22.7. The lowest BCUT2D eigenvalue weighted by Gasteiger charge is -2.37. The van der Waals surface area contributed by atoms with Crippen LogP contribution in [0.2, 0.25) is 0 Å². The zero-order valence-electron chi connectivity index (χ0n) is 21.2. The average molecular weight is 520 g/mol. The van der Waals surface area contributed by atoms with Gasteiger partial charge in [-0.15, -0.1) is 12.4 Å². The number of ether oxygens (including phenoxy) is 2.